The van der Waals surface area contributed by atoms with E-state index in [1.54, 1.807) is 18.0 Å². The summed E-state index contributed by atoms with van der Waals surface area (Å²) >= 11 is 7.11. The molecule has 1 fully saturated rings. The van der Waals surface area contributed by atoms with Crippen molar-refractivity contribution in [3.05, 3.63) is 35.9 Å². The van der Waals surface area contributed by atoms with Crippen LogP contribution in [-0.4, -0.2) is 42.8 Å². The van der Waals surface area contributed by atoms with Crippen LogP contribution in [0.5, 0.6) is 0 Å². The highest BCUT2D eigenvalue weighted by molar-refractivity contribution is 8.24. The second-order valence-corrected chi connectivity index (χ2v) is 7.75. The molecule has 1 aromatic carbocycles. The molecule has 1 aliphatic rings. The van der Waals surface area contributed by atoms with E-state index in [1.165, 1.54) is 4.74 Å². The highest BCUT2D eigenvalue weighted by Crippen LogP contribution is 2.41. The summed E-state index contributed by atoms with van der Waals surface area (Å²) in [5, 5.41) is 10.5. The van der Waals surface area contributed by atoms with Gasteiger partial charge in [0.25, 0.3) is 6.17 Å². The summed E-state index contributed by atoms with van der Waals surface area (Å²) in [6.45, 7) is 7.22. The number of hydroxylamine groups is 1. The van der Waals surface area contributed by atoms with Gasteiger partial charge in [0.15, 0.2) is 0 Å². The molecule has 0 aromatic heterocycles. The zero-order chi connectivity index (χ0) is 14.8. The van der Waals surface area contributed by atoms with Crippen molar-refractivity contribution in [1.82, 2.24) is 4.90 Å². The molecule has 0 bridgehead atoms. The minimum absolute atomic E-state index is 0.139. The predicted octanol–water partition coefficient (Wildman–Crippen LogP) is 3.36. The lowest BCUT2D eigenvalue weighted by Crippen LogP contribution is -2.48. The fourth-order valence-corrected chi connectivity index (χ4v) is 4.42. The van der Waals surface area contributed by atoms with Crippen LogP contribution in [0.15, 0.2) is 30.3 Å². The van der Waals surface area contributed by atoms with Crippen molar-refractivity contribution < 1.29 is 9.95 Å². The molecule has 108 valence electrons. The normalized spacial score (nSPS) is 22.4. The van der Waals surface area contributed by atoms with Gasteiger partial charge in [-0.25, -0.2) is 0 Å². The van der Waals surface area contributed by atoms with E-state index in [0.29, 0.717) is 0 Å². The van der Waals surface area contributed by atoms with Crippen LogP contribution in [-0.2, 0) is 0 Å². The van der Waals surface area contributed by atoms with Crippen LogP contribution in [0.4, 0.5) is 0 Å². The van der Waals surface area contributed by atoms with Crippen molar-refractivity contribution in [1.29, 1.82) is 0 Å². The molecule has 1 saturated heterocycles. The summed E-state index contributed by atoms with van der Waals surface area (Å²) in [4.78, 5) is 2.11. The minimum atomic E-state index is -0.147. The van der Waals surface area contributed by atoms with Crippen molar-refractivity contribution in [3.8, 4) is 0 Å². The van der Waals surface area contributed by atoms with Crippen molar-refractivity contribution >= 4 is 34.5 Å². The van der Waals surface area contributed by atoms with Crippen molar-refractivity contribution in [2.24, 2.45) is 0 Å². The molecule has 0 saturated carbocycles. The maximum Gasteiger partial charge on any atom is 0.292 e. The predicted molar refractivity (Wildman–Crippen MR) is 88.7 cm³/mol. The van der Waals surface area contributed by atoms with E-state index in [-0.39, 0.29) is 10.9 Å². The third-order valence-corrected chi connectivity index (χ3v) is 4.93. The van der Waals surface area contributed by atoms with Crippen LogP contribution < -0.4 is 0 Å². The Hall–Kier alpha value is -1.07. The van der Waals surface area contributed by atoms with E-state index in [2.05, 4.69) is 25.7 Å². The van der Waals surface area contributed by atoms with Crippen LogP contribution in [0.2, 0.25) is 0 Å². The molecule has 1 aromatic rings. The molecule has 0 amide bonds. The van der Waals surface area contributed by atoms with Crippen LogP contribution in [0.3, 0.4) is 0 Å². The Morgan fingerprint density at radius 2 is 2.05 bits per heavy atom. The Morgan fingerprint density at radius 3 is 2.65 bits per heavy atom. The van der Waals surface area contributed by atoms with E-state index in [9.17, 15) is 5.21 Å². The molecule has 1 aliphatic heterocycles. The molecular formula is C15H21N2OS2+. The van der Waals surface area contributed by atoms with Gasteiger partial charge in [-0.3, -0.25) is 10.1 Å². The van der Waals surface area contributed by atoms with Gasteiger partial charge in [-0.15, -0.1) is 0 Å². The zero-order valence-corrected chi connectivity index (χ0v) is 13.7. The highest BCUT2D eigenvalue weighted by atomic mass is 32.2. The molecule has 20 heavy (non-hydrogen) atoms. The standard InChI is InChI=1S/C15H21N2OS2/c1-4-10-16-13(15(2,3)20-14(16)19)17(18)11-12-8-6-5-7-9-12/h5-9,11,13,18H,4,10H2,1-3H3/q+1. The Kier molecular flexibility index (Phi) is 4.70. The number of benzene rings is 1. The molecule has 1 heterocycles. The summed E-state index contributed by atoms with van der Waals surface area (Å²) in [5.74, 6) is 0. The number of thioether (sulfide) groups is 1. The molecule has 3 nitrogen and oxygen atoms in total. The van der Waals surface area contributed by atoms with Gasteiger partial charge in [-0.2, -0.15) is 0 Å². The zero-order valence-electron chi connectivity index (χ0n) is 12.1. The van der Waals surface area contributed by atoms with Gasteiger partial charge < -0.3 is 0 Å². The highest BCUT2D eigenvalue weighted by Gasteiger charge is 2.52. The summed E-state index contributed by atoms with van der Waals surface area (Å²) in [6, 6.07) is 9.83. The maximum atomic E-state index is 10.5. The second-order valence-electron chi connectivity index (χ2n) is 5.46. The number of hydrogen-bond donors (Lipinski definition) is 1. The van der Waals surface area contributed by atoms with Gasteiger partial charge in [-0.05, 0) is 37.1 Å². The quantitative estimate of drug-likeness (QED) is 0.303. The minimum Gasteiger partial charge on any atom is -0.295 e. The van der Waals surface area contributed by atoms with E-state index >= 15 is 0 Å². The number of thiocarbonyl (C=S) groups is 1. The van der Waals surface area contributed by atoms with Gasteiger partial charge in [-0.1, -0.05) is 49.1 Å². The Labute approximate surface area is 130 Å². The lowest BCUT2D eigenvalue weighted by Gasteiger charge is -2.24. The molecule has 1 atom stereocenters. The lowest BCUT2D eigenvalue weighted by molar-refractivity contribution is -0.808. The van der Waals surface area contributed by atoms with E-state index < -0.39 is 0 Å². The van der Waals surface area contributed by atoms with Crippen LogP contribution in [0, 0.1) is 0 Å². The lowest BCUT2D eigenvalue weighted by atomic mass is 10.1. The molecular weight excluding hydrogens is 288 g/mol. The average Bonchev–Trinajstić information content (AvgIpc) is 2.60. The molecule has 1 N–H and O–H groups in total. The maximum absolute atomic E-state index is 10.5. The summed E-state index contributed by atoms with van der Waals surface area (Å²) < 4.78 is 2.02. The monoisotopic (exact) mass is 309 g/mol. The number of rotatable bonds is 4. The second kappa shape index (κ2) is 6.14. The Balaban J connectivity index is 2.32. The van der Waals surface area contributed by atoms with Crippen LogP contribution >= 0.6 is 24.0 Å². The van der Waals surface area contributed by atoms with Crippen LogP contribution in [0.1, 0.15) is 32.8 Å². The first-order valence-corrected chi connectivity index (χ1v) is 8.05. The molecule has 5 heteroatoms. The summed E-state index contributed by atoms with van der Waals surface area (Å²) in [7, 11) is 0. The van der Waals surface area contributed by atoms with Crippen molar-refractivity contribution in [2.45, 2.75) is 38.1 Å². The van der Waals surface area contributed by atoms with Gasteiger partial charge in [0.05, 0.1) is 0 Å². The Morgan fingerprint density at radius 1 is 1.40 bits per heavy atom. The SMILES string of the molecule is CCCN1C(=S)SC(C)(C)C1[N+](O)=Cc1ccccc1. The van der Waals surface area contributed by atoms with Crippen molar-refractivity contribution in [3.63, 3.8) is 0 Å². The molecule has 0 spiro atoms. The largest absolute Gasteiger partial charge is 0.295 e. The van der Waals surface area contributed by atoms with Crippen molar-refractivity contribution in [2.75, 3.05) is 6.54 Å². The van der Waals surface area contributed by atoms with E-state index in [4.69, 9.17) is 12.2 Å². The van der Waals surface area contributed by atoms with Gasteiger partial charge in [0, 0.05) is 12.1 Å². The topological polar surface area (TPSA) is 26.5 Å². The van der Waals surface area contributed by atoms with Gasteiger partial charge >= 0.3 is 0 Å². The molecule has 1 unspecified atom stereocenters. The molecule has 0 aliphatic carbocycles. The number of hydrogen-bond acceptors (Lipinski definition) is 3. The Bertz CT molecular complexity index is 514. The first kappa shape index (κ1) is 15.3. The van der Waals surface area contributed by atoms with Gasteiger partial charge in [0.1, 0.15) is 9.07 Å². The van der Waals surface area contributed by atoms with E-state index in [1.807, 2.05) is 30.3 Å². The first-order valence-electron chi connectivity index (χ1n) is 6.82. The fraction of sp³-hybridized carbons (Fsp3) is 0.467. The van der Waals surface area contributed by atoms with E-state index in [0.717, 1.165) is 22.8 Å². The third kappa shape index (κ3) is 3.15. The molecule has 0 radical (unpaired) electrons. The van der Waals surface area contributed by atoms with Gasteiger partial charge in [0.2, 0.25) is 6.21 Å². The summed E-state index contributed by atoms with van der Waals surface area (Å²) in [6.07, 6.45) is 2.64. The number of nitrogens with zero attached hydrogens (tertiary/aromatic N) is 2. The summed E-state index contributed by atoms with van der Waals surface area (Å²) in [5.41, 5.74) is 0.977. The van der Waals surface area contributed by atoms with Crippen LogP contribution in [0.25, 0.3) is 0 Å². The smallest absolute Gasteiger partial charge is 0.292 e. The third-order valence-electron chi connectivity index (χ3n) is 3.30. The first-order chi connectivity index (χ1) is 9.45. The average molecular weight is 309 g/mol. The fourth-order valence-electron chi connectivity index (χ4n) is 2.49. The molecule has 2 rings (SSSR count).